The second kappa shape index (κ2) is 8.70. The van der Waals surface area contributed by atoms with Gasteiger partial charge in [0.1, 0.15) is 5.92 Å². The smallest absolute Gasteiger partial charge is 0.437 e. The van der Waals surface area contributed by atoms with Gasteiger partial charge in [0.15, 0.2) is 17.3 Å². The first-order chi connectivity index (χ1) is 15.0. The third kappa shape index (κ3) is 4.22. The molecule has 2 aromatic carbocycles. The predicted molar refractivity (Wildman–Crippen MR) is 109 cm³/mol. The fraction of sp³-hybridized carbons (Fsp3) is 0.364. The van der Waals surface area contributed by atoms with Gasteiger partial charge in [-0.3, -0.25) is 4.79 Å². The zero-order valence-electron chi connectivity index (χ0n) is 17.6. The minimum atomic E-state index is -5.33. The van der Waals surface area contributed by atoms with Crippen LogP contribution in [0, 0.1) is 12.8 Å². The normalized spacial score (nSPS) is 23.2. The molecular weight excluding hydrogens is 429 g/mol. The number of hydrogen-bond acceptors (Lipinski definition) is 5. The van der Waals surface area contributed by atoms with Crippen molar-refractivity contribution in [2.75, 3.05) is 13.7 Å². The number of ether oxygens (including phenoxy) is 2. The van der Waals surface area contributed by atoms with Crippen LogP contribution < -0.4 is 20.1 Å². The van der Waals surface area contributed by atoms with Crippen LogP contribution in [0.5, 0.6) is 11.5 Å². The summed E-state index contributed by atoms with van der Waals surface area (Å²) in [5, 5.41) is 14.5. The van der Waals surface area contributed by atoms with E-state index in [1.165, 1.54) is 42.8 Å². The van der Waals surface area contributed by atoms with E-state index in [4.69, 9.17) is 9.47 Å². The maximum absolute atomic E-state index is 14.0. The second-order valence-corrected chi connectivity index (χ2v) is 7.39. The van der Waals surface area contributed by atoms with Gasteiger partial charge in [0.25, 0.3) is 0 Å². The number of carbonyl (C=O) groups is 2. The van der Waals surface area contributed by atoms with Crippen molar-refractivity contribution < 1.29 is 37.3 Å². The van der Waals surface area contributed by atoms with Gasteiger partial charge in [-0.15, -0.1) is 0 Å². The number of carbonyl (C=O) groups excluding carboxylic acids is 2. The average Bonchev–Trinajstić information content (AvgIpc) is 2.73. The zero-order valence-corrected chi connectivity index (χ0v) is 17.6. The van der Waals surface area contributed by atoms with Crippen LogP contribution in [0.15, 0.2) is 42.5 Å². The maximum atomic E-state index is 14.0. The van der Waals surface area contributed by atoms with Gasteiger partial charge in [0, 0.05) is 5.56 Å². The number of aryl methyl sites for hydroxylation is 1. The van der Waals surface area contributed by atoms with Crippen LogP contribution in [-0.2, 0) is 0 Å². The number of rotatable bonds is 6. The highest BCUT2D eigenvalue weighted by Gasteiger charge is 2.66. The molecule has 1 aliphatic rings. The maximum Gasteiger partial charge on any atom is 0.437 e. The number of ketones is 1. The third-order valence-electron chi connectivity index (χ3n) is 5.27. The highest BCUT2D eigenvalue weighted by atomic mass is 19.4. The Hall–Kier alpha value is -3.27. The van der Waals surface area contributed by atoms with Crippen LogP contribution in [0.2, 0.25) is 0 Å². The first-order valence-corrected chi connectivity index (χ1v) is 9.81. The van der Waals surface area contributed by atoms with Crippen LogP contribution in [0.1, 0.15) is 34.5 Å². The summed E-state index contributed by atoms with van der Waals surface area (Å²) in [5.74, 6) is -2.57. The van der Waals surface area contributed by atoms with E-state index in [2.05, 4.69) is 5.32 Å². The lowest BCUT2D eigenvalue weighted by Gasteiger charge is -2.45. The molecule has 1 heterocycles. The molecule has 1 saturated heterocycles. The predicted octanol–water partition coefficient (Wildman–Crippen LogP) is 3.51. The number of amides is 2. The van der Waals surface area contributed by atoms with Gasteiger partial charge in [-0.2, -0.15) is 13.2 Å². The van der Waals surface area contributed by atoms with E-state index in [0.717, 1.165) is 5.56 Å². The summed E-state index contributed by atoms with van der Waals surface area (Å²) in [6.45, 7) is 3.83. The summed E-state index contributed by atoms with van der Waals surface area (Å²) >= 11 is 0. The van der Waals surface area contributed by atoms with E-state index in [1.807, 2.05) is 0 Å². The Balaban J connectivity index is 2.16. The zero-order chi connectivity index (χ0) is 23.7. The molecule has 3 atom stereocenters. The molecule has 0 bridgehead atoms. The van der Waals surface area contributed by atoms with Gasteiger partial charge in [-0.25, -0.2) is 4.79 Å². The molecule has 3 N–H and O–H groups in total. The van der Waals surface area contributed by atoms with Crippen molar-refractivity contribution in [3.05, 3.63) is 59.2 Å². The van der Waals surface area contributed by atoms with Gasteiger partial charge in [0.2, 0.25) is 5.72 Å². The largest absolute Gasteiger partial charge is 0.493 e. The SMILES string of the molecule is CCOc1ccc(C2NC(=O)NC(O)(C(F)(F)F)C2C(=O)c2ccc(C)cc2)cc1OC. The summed E-state index contributed by atoms with van der Waals surface area (Å²) in [7, 11) is 1.35. The molecule has 172 valence electrons. The molecule has 3 rings (SSSR count). The van der Waals surface area contributed by atoms with Crippen LogP contribution in [0.3, 0.4) is 0 Å². The first-order valence-electron chi connectivity index (χ1n) is 9.81. The topological polar surface area (TPSA) is 96.9 Å². The molecule has 7 nitrogen and oxygen atoms in total. The molecule has 2 aromatic rings. The number of Topliss-reactive ketones (excluding diaryl/α,β-unsaturated/α-hetero) is 1. The molecule has 1 fully saturated rings. The molecule has 10 heteroatoms. The molecule has 32 heavy (non-hydrogen) atoms. The Kier molecular flexibility index (Phi) is 6.36. The Morgan fingerprint density at radius 1 is 1.16 bits per heavy atom. The molecule has 2 amide bonds. The lowest BCUT2D eigenvalue weighted by atomic mass is 9.77. The Bertz CT molecular complexity index is 1010. The molecule has 0 aromatic heterocycles. The molecule has 0 radical (unpaired) electrons. The highest BCUT2D eigenvalue weighted by Crippen LogP contribution is 2.45. The van der Waals surface area contributed by atoms with E-state index in [9.17, 15) is 27.9 Å². The lowest BCUT2D eigenvalue weighted by Crippen LogP contribution is -2.72. The van der Waals surface area contributed by atoms with Crippen LogP contribution in [0.25, 0.3) is 0 Å². The van der Waals surface area contributed by atoms with Crippen LogP contribution in [-0.4, -0.2) is 42.5 Å². The number of methoxy groups -OCH3 is 1. The van der Waals surface area contributed by atoms with E-state index >= 15 is 0 Å². The van der Waals surface area contributed by atoms with E-state index in [0.29, 0.717) is 12.4 Å². The van der Waals surface area contributed by atoms with Crippen LogP contribution in [0.4, 0.5) is 18.0 Å². The minimum absolute atomic E-state index is 0.0378. The molecule has 1 aliphatic heterocycles. The van der Waals surface area contributed by atoms with Gasteiger partial charge >= 0.3 is 12.2 Å². The number of halogens is 3. The second-order valence-electron chi connectivity index (χ2n) is 7.39. The van der Waals surface area contributed by atoms with Gasteiger partial charge in [0.05, 0.1) is 19.8 Å². The Labute approximate surface area is 182 Å². The first kappa shape index (κ1) is 23.4. The summed E-state index contributed by atoms with van der Waals surface area (Å²) in [6.07, 6.45) is -5.33. The third-order valence-corrected chi connectivity index (χ3v) is 5.27. The van der Waals surface area contributed by atoms with Crippen molar-refractivity contribution in [1.29, 1.82) is 0 Å². The Morgan fingerprint density at radius 3 is 2.38 bits per heavy atom. The monoisotopic (exact) mass is 452 g/mol. The Morgan fingerprint density at radius 2 is 1.81 bits per heavy atom. The van der Waals surface area contributed by atoms with Crippen molar-refractivity contribution in [2.24, 2.45) is 5.92 Å². The summed E-state index contributed by atoms with van der Waals surface area (Å²) < 4.78 is 52.7. The van der Waals surface area contributed by atoms with E-state index in [-0.39, 0.29) is 16.9 Å². The number of alkyl halides is 3. The summed E-state index contributed by atoms with van der Waals surface area (Å²) in [6, 6.07) is 7.37. The summed E-state index contributed by atoms with van der Waals surface area (Å²) in [4.78, 5) is 25.4. The molecule has 0 spiro atoms. The van der Waals surface area contributed by atoms with Crippen molar-refractivity contribution in [3.8, 4) is 11.5 Å². The van der Waals surface area contributed by atoms with E-state index < -0.39 is 35.7 Å². The van der Waals surface area contributed by atoms with Gasteiger partial charge in [-0.05, 0) is 31.5 Å². The molecule has 0 aliphatic carbocycles. The molecule has 3 unspecified atom stereocenters. The molecule has 0 saturated carbocycles. The number of hydrogen-bond donors (Lipinski definition) is 3. The van der Waals surface area contributed by atoms with Crippen molar-refractivity contribution in [3.63, 3.8) is 0 Å². The number of nitrogens with one attached hydrogen (secondary N) is 2. The van der Waals surface area contributed by atoms with Crippen molar-refractivity contribution in [1.82, 2.24) is 10.6 Å². The fourth-order valence-electron chi connectivity index (χ4n) is 3.67. The standard InChI is InChI=1S/C22H23F3N2O5/c1-4-32-15-10-9-14(11-16(15)31-3)18-17(19(28)13-7-5-12(2)6-8-13)21(30,22(23,24)25)27-20(29)26-18/h5-11,17-18,30H,4H2,1-3H3,(H2,26,27,29). The number of urea groups is 1. The van der Waals surface area contributed by atoms with Gasteiger partial charge in [-0.1, -0.05) is 35.9 Å². The van der Waals surface area contributed by atoms with Crippen LogP contribution >= 0.6 is 0 Å². The van der Waals surface area contributed by atoms with Crippen molar-refractivity contribution >= 4 is 11.8 Å². The highest BCUT2D eigenvalue weighted by molar-refractivity contribution is 6.00. The quantitative estimate of drug-likeness (QED) is 0.583. The van der Waals surface area contributed by atoms with E-state index in [1.54, 1.807) is 26.0 Å². The number of aliphatic hydroxyl groups is 1. The fourth-order valence-corrected chi connectivity index (χ4v) is 3.67. The minimum Gasteiger partial charge on any atom is -0.493 e. The van der Waals surface area contributed by atoms with Crippen molar-refractivity contribution in [2.45, 2.75) is 31.8 Å². The average molecular weight is 452 g/mol. The molecular formula is C22H23F3N2O5. The lowest BCUT2D eigenvalue weighted by molar-refractivity contribution is -0.287. The number of benzene rings is 2. The van der Waals surface area contributed by atoms with Gasteiger partial charge < -0.3 is 25.2 Å². The summed E-state index contributed by atoms with van der Waals surface area (Å²) in [5.41, 5.74) is -2.90.